The van der Waals surface area contributed by atoms with Crippen molar-refractivity contribution in [2.24, 2.45) is 5.73 Å². The van der Waals surface area contributed by atoms with Gasteiger partial charge in [0.1, 0.15) is 0 Å². The summed E-state index contributed by atoms with van der Waals surface area (Å²) in [6.45, 7) is 1.37. The van der Waals surface area contributed by atoms with Crippen LogP contribution >= 0.6 is 11.6 Å². The Hall–Kier alpha value is -0.870. The van der Waals surface area contributed by atoms with E-state index in [4.69, 9.17) is 17.3 Å². The molecular formula is C12H17ClFN3. The minimum Gasteiger partial charge on any atom is -0.351 e. The van der Waals surface area contributed by atoms with Crippen LogP contribution in [0.5, 0.6) is 0 Å². The molecule has 1 saturated carbocycles. The molecule has 2 N–H and O–H groups in total. The van der Waals surface area contributed by atoms with E-state index in [2.05, 4.69) is 4.98 Å². The summed E-state index contributed by atoms with van der Waals surface area (Å²) in [6.07, 6.45) is 5.76. The lowest BCUT2D eigenvalue weighted by atomic mass is 9.91. The SMILES string of the molecule is NCCCN(c1ncc(Cl)cc1F)C1CCC1. The van der Waals surface area contributed by atoms with Gasteiger partial charge in [0.2, 0.25) is 0 Å². The van der Waals surface area contributed by atoms with Crippen molar-refractivity contribution in [1.82, 2.24) is 4.98 Å². The van der Waals surface area contributed by atoms with Crippen molar-refractivity contribution in [3.63, 3.8) is 0 Å². The topological polar surface area (TPSA) is 42.1 Å². The molecule has 2 rings (SSSR count). The second-order valence-electron chi connectivity index (χ2n) is 4.38. The van der Waals surface area contributed by atoms with Crippen LogP contribution in [0.1, 0.15) is 25.7 Å². The molecule has 1 aromatic rings. The average Bonchev–Trinajstić information content (AvgIpc) is 2.22. The number of hydrogen-bond acceptors (Lipinski definition) is 3. The highest BCUT2D eigenvalue weighted by atomic mass is 35.5. The summed E-state index contributed by atoms with van der Waals surface area (Å²) in [4.78, 5) is 6.14. The average molecular weight is 258 g/mol. The summed E-state index contributed by atoms with van der Waals surface area (Å²) in [6, 6.07) is 1.72. The van der Waals surface area contributed by atoms with E-state index in [-0.39, 0.29) is 5.82 Å². The van der Waals surface area contributed by atoms with E-state index in [1.807, 2.05) is 4.90 Å². The zero-order chi connectivity index (χ0) is 12.3. The Morgan fingerprint density at radius 2 is 2.29 bits per heavy atom. The van der Waals surface area contributed by atoms with Gasteiger partial charge in [-0.15, -0.1) is 0 Å². The van der Waals surface area contributed by atoms with E-state index in [0.717, 1.165) is 25.8 Å². The number of hydrogen-bond donors (Lipinski definition) is 1. The Labute approximate surface area is 106 Å². The molecule has 1 aliphatic rings. The minimum absolute atomic E-state index is 0.332. The second-order valence-corrected chi connectivity index (χ2v) is 4.82. The molecule has 0 radical (unpaired) electrons. The first-order chi connectivity index (χ1) is 8.22. The van der Waals surface area contributed by atoms with Gasteiger partial charge in [-0.3, -0.25) is 0 Å². The Morgan fingerprint density at radius 3 is 2.82 bits per heavy atom. The van der Waals surface area contributed by atoms with Crippen LogP contribution in [-0.2, 0) is 0 Å². The molecular weight excluding hydrogens is 241 g/mol. The smallest absolute Gasteiger partial charge is 0.167 e. The van der Waals surface area contributed by atoms with Gasteiger partial charge < -0.3 is 10.6 Å². The van der Waals surface area contributed by atoms with Gasteiger partial charge in [0.05, 0.1) is 5.02 Å². The predicted octanol–water partition coefficient (Wildman–Crippen LogP) is 2.58. The van der Waals surface area contributed by atoms with Crippen LogP contribution in [-0.4, -0.2) is 24.1 Å². The standard InChI is InChI=1S/C12H17ClFN3/c13-9-7-11(14)12(16-8-9)17(6-2-5-15)10-3-1-4-10/h7-8,10H,1-6,15H2. The Bertz CT molecular complexity index is 382. The van der Waals surface area contributed by atoms with E-state index in [9.17, 15) is 4.39 Å². The highest BCUT2D eigenvalue weighted by molar-refractivity contribution is 6.30. The number of aromatic nitrogens is 1. The van der Waals surface area contributed by atoms with Crippen molar-refractivity contribution in [2.45, 2.75) is 31.7 Å². The fraction of sp³-hybridized carbons (Fsp3) is 0.583. The number of nitrogens with zero attached hydrogens (tertiary/aromatic N) is 2. The number of halogens is 2. The lowest BCUT2D eigenvalue weighted by Gasteiger charge is -2.38. The summed E-state index contributed by atoms with van der Waals surface area (Å²) in [5.41, 5.74) is 5.51. The molecule has 0 atom stereocenters. The molecule has 0 unspecified atom stereocenters. The van der Waals surface area contributed by atoms with Gasteiger partial charge >= 0.3 is 0 Å². The molecule has 0 saturated heterocycles. The molecule has 1 heterocycles. The summed E-state index contributed by atoms with van der Waals surface area (Å²) in [5, 5.41) is 0.332. The quantitative estimate of drug-likeness (QED) is 0.882. The molecule has 0 bridgehead atoms. The van der Waals surface area contributed by atoms with Gasteiger partial charge in [0.15, 0.2) is 11.6 Å². The number of anilines is 1. The van der Waals surface area contributed by atoms with Crippen LogP contribution < -0.4 is 10.6 Å². The normalized spacial score (nSPS) is 15.7. The van der Waals surface area contributed by atoms with Crippen molar-refractivity contribution < 1.29 is 4.39 Å². The van der Waals surface area contributed by atoms with Crippen molar-refractivity contribution in [1.29, 1.82) is 0 Å². The third-order valence-electron chi connectivity index (χ3n) is 3.18. The summed E-state index contributed by atoms with van der Waals surface area (Å²) < 4.78 is 13.8. The van der Waals surface area contributed by atoms with Crippen LogP contribution in [0.4, 0.5) is 10.2 Å². The van der Waals surface area contributed by atoms with Gasteiger partial charge in [-0.2, -0.15) is 0 Å². The van der Waals surface area contributed by atoms with E-state index in [1.54, 1.807) is 0 Å². The largest absolute Gasteiger partial charge is 0.351 e. The molecule has 1 aliphatic carbocycles. The summed E-state index contributed by atoms with van der Waals surface area (Å²) >= 11 is 5.71. The van der Waals surface area contributed by atoms with Crippen molar-refractivity contribution in [2.75, 3.05) is 18.0 Å². The highest BCUT2D eigenvalue weighted by Crippen LogP contribution is 2.30. The molecule has 5 heteroatoms. The second kappa shape index (κ2) is 5.65. The Balaban J connectivity index is 2.17. The molecule has 3 nitrogen and oxygen atoms in total. The first-order valence-electron chi connectivity index (χ1n) is 6.00. The van der Waals surface area contributed by atoms with Crippen molar-refractivity contribution >= 4 is 17.4 Å². The van der Waals surface area contributed by atoms with E-state index >= 15 is 0 Å². The molecule has 0 spiro atoms. The van der Waals surface area contributed by atoms with Crippen molar-refractivity contribution in [3.05, 3.63) is 23.1 Å². The maximum absolute atomic E-state index is 13.8. The number of nitrogens with two attached hydrogens (primary N) is 1. The molecule has 0 aliphatic heterocycles. The lowest BCUT2D eigenvalue weighted by Crippen LogP contribution is -2.42. The predicted molar refractivity (Wildman–Crippen MR) is 67.9 cm³/mol. The van der Waals surface area contributed by atoms with Gasteiger partial charge in [-0.25, -0.2) is 9.37 Å². The fourth-order valence-electron chi connectivity index (χ4n) is 2.04. The van der Waals surface area contributed by atoms with Crippen LogP contribution in [0.25, 0.3) is 0 Å². The Kier molecular flexibility index (Phi) is 4.18. The third kappa shape index (κ3) is 2.87. The van der Waals surface area contributed by atoms with Crippen LogP contribution in [0.2, 0.25) is 5.02 Å². The first-order valence-corrected chi connectivity index (χ1v) is 6.38. The molecule has 94 valence electrons. The molecule has 1 aromatic heterocycles. The highest BCUT2D eigenvalue weighted by Gasteiger charge is 2.27. The minimum atomic E-state index is -0.346. The maximum Gasteiger partial charge on any atom is 0.167 e. The molecule has 0 amide bonds. The summed E-state index contributed by atoms with van der Waals surface area (Å²) in [7, 11) is 0. The van der Waals surface area contributed by atoms with Crippen molar-refractivity contribution in [3.8, 4) is 0 Å². The van der Waals surface area contributed by atoms with Gasteiger partial charge in [-0.1, -0.05) is 11.6 Å². The maximum atomic E-state index is 13.8. The fourth-order valence-corrected chi connectivity index (χ4v) is 2.18. The lowest BCUT2D eigenvalue weighted by molar-refractivity contribution is 0.379. The zero-order valence-corrected chi connectivity index (χ0v) is 10.5. The van der Waals surface area contributed by atoms with E-state index < -0.39 is 0 Å². The third-order valence-corrected chi connectivity index (χ3v) is 3.39. The zero-order valence-electron chi connectivity index (χ0n) is 9.70. The van der Waals surface area contributed by atoms with Gasteiger partial charge in [0.25, 0.3) is 0 Å². The van der Waals surface area contributed by atoms with Crippen LogP contribution in [0.15, 0.2) is 12.3 Å². The Morgan fingerprint density at radius 1 is 1.53 bits per heavy atom. The van der Waals surface area contributed by atoms with Crippen LogP contribution in [0, 0.1) is 5.82 Å². The number of pyridine rings is 1. The first kappa shape index (κ1) is 12.6. The van der Waals surface area contributed by atoms with Crippen LogP contribution in [0.3, 0.4) is 0 Å². The monoisotopic (exact) mass is 257 g/mol. The summed E-state index contributed by atoms with van der Waals surface area (Å²) in [5.74, 6) is 0.0639. The van der Waals surface area contributed by atoms with Gasteiger partial charge in [0, 0.05) is 18.8 Å². The van der Waals surface area contributed by atoms with E-state index in [0.29, 0.717) is 23.4 Å². The van der Waals surface area contributed by atoms with E-state index in [1.165, 1.54) is 18.7 Å². The molecule has 17 heavy (non-hydrogen) atoms. The molecule has 1 fully saturated rings. The van der Waals surface area contributed by atoms with Gasteiger partial charge in [-0.05, 0) is 38.3 Å². The molecule has 0 aromatic carbocycles. The number of rotatable bonds is 5.